The van der Waals surface area contributed by atoms with Crippen LogP contribution in [0, 0.1) is 0 Å². The van der Waals surface area contributed by atoms with Gasteiger partial charge < -0.3 is 19.9 Å². The Kier molecular flexibility index (Phi) is 7.14. The fourth-order valence-electron chi connectivity index (χ4n) is 3.81. The second-order valence-corrected chi connectivity index (χ2v) is 9.45. The van der Waals surface area contributed by atoms with Crippen LogP contribution in [0.4, 0.5) is 22.0 Å². The number of urea groups is 1. The number of halogens is 3. The zero-order valence-corrected chi connectivity index (χ0v) is 21.8. The Morgan fingerprint density at radius 2 is 1.76 bits per heavy atom. The summed E-state index contributed by atoms with van der Waals surface area (Å²) in [6, 6.07) is 13.8. The summed E-state index contributed by atoms with van der Waals surface area (Å²) in [5.74, 6) is 0.727. The zero-order valence-electron chi connectivity index (χ0n) is 19.5. The van der Waals surface area contributed by atoms with Gasteiger partial charge in [0.15, 0.2) is 11.5 Å². The smallest absolute Gasteiger partial charge is 0.323 e. The van der Waals surface area contributed by atoms with E-state index < -0.39 is 6.03 Å². The van der Waals surface area contributed by atoms with Gasteiger partial charge in [-0.3, -0.25) is 4.98 Å². The summed E-state index contributed by atoms with van der Waals surface area (Å²) in [4.78, 5) is 28.2. The van der Waals surface area contributed by atoms with Crippen LogP contribution in [0.5, 0.6) is 0 Å². The van der Waals surface area contributed by atoms with Crippen LogP contribution in [0.25, 0.3) is 16.9 Å². The number of carbonyl (C=O) groups excluding carboxylic acids is 1. The molecule has 0 saturated heterocycles. The Labute approximate surface area is 227 Å². The second-order valence-electron chi connectivity index (χ2n) is 8.23. The van der Waals surface area contributed by atoms with Crippen molar-refractivity contribution in [3.8, 4) is 11.3 Å². The molecule has 5 aromatic rings. The molecule has 0 atom stereocenters. The van der Waals surface area contributed by atoms with E-state index in [1.807, 2.05) is 59.1 Å². The number of fused-ring (bicyclic) bond motifs is 1. The van der Waals surface area contributed by atoms with Crippen LogP contribution in [0.2, 0.25) is 15.1 Å². The summed E-state index contributed by atoms with van der Waals surface area (Å²) in [6.45, 7) is 0.639. The van der Waals surface area contributed by atoms with Crippen molar-refractivity contribution in [1.82, 2.24) is 19.4 Å². The van der Waals surface area contributed by atoms with Crippen LogP contribution in [-0.2, 0) is 6.54 Å². The molecule has 5 rings (SSSR count). The maximum atomic E-state index is 12.6. The fraction of sp³-hybridized carbons (Fsp3) is 0.0769. The molecule has 186 valence electrons. The normalized spacial score (nSPS) is 10.9. The van der Waals surface area contributed by atoms with E-state index in [0.29, 0.717) is 22.9 Å². The summed E-state index contributed by atoms with van der Waals surface area (Å²) in [6.07, 6.45) is 9.05. The van der Waals surface area contributed by atoms with Gasteiger partial charge in [0.25, 0.3) is 0 Å². The molecule has 0 aliphatic rings. The number of nitrogens with zero attached hydrogens (tertiary/aromatic N) is 5. The number of imidazole rings is 1. The SMILES string of the molecule is CN(Cc1ccncc1)c1nc(-c2cccc(NC(=O)Nc3cc(Cl)c(Cl)cc3Cl)c2)cn2ccnc12. The van der Waals surface area contributed by atoms with E-state index in [2.05, 4.69) is 20.6 Å². The van der Waals surface area contributed by atoms with Crippen molar-refractivity contribution >= 4 is 63.7 Å². The number of pyridine rings is 1. The minimum absolute atomic E-state index is 0.277. The number of hydrogen-bond acceptors (Lipinski definition) is 5. The number of amides is 2. The van der Waals surface area contributed by atoms with Gasteiger partial charge in [0, 0.05) is 55.8 Å². The van der Waals surface area contributed by atoms with Crippen LogP contribution in [0.3, 0.4) is 0 Å². The molecule has 37 heavy (non-hydrogen) atoms. The van der Waals surface area contributed by atoms with E-state index >= 15 is 0 Å². The van der Waals surface area contributed by atoms with Gasteiger partial charge in [-0.2, -0.15) is 0 Å². The molecule has 11 heteroatoms. The van der Waals surface area contributed by atoms with Crippen molar-refractivity contribution in [2.45, 2.75) is 6.54 Å². The van der Waals surface area contributed by atoms with Gasteiger partial charge in [-0.05, 0) is 42.0 Å². The average Bonchev–Trinajstić information content (AvgIpc) is 3.36. The Hall–Kier alpha value is -3.85. The Morgan fingerprint density at radius 1 is 0.973 bits per heavy atom. The van der Waals surface area contributed by atoms with Gasteiger partial charge in [-0.1, -0.05) is 46.9 Å². The molecule has 8 nitrogen and oxygen atoms in total. The number of nitrogens with one attached hydrogen (secondary N) is 2. The molecule has 2 amide bonds. The maximum Gasteiger partial charge on any atom is 0.323 e. The van der Waals surface area contributed by atoms with Crippen molar-refractivity contribution in [2.24, 2.45) is 0 Å². The summed E-state index contributed by atoms with van der Waals surface area (Å²) in [7, 11) is 1.97. The molecule has 2 N–H and O–H groups in total. The van der Waals surface area contributed by atoms with Gasteiger partial charge in [0.1, 0.15) is 0 Å². The summed E-state index contributed by atoms with van der Waals surface area (Å²) in [5.41, 5.74) is 4.31. The summed E-state index contributed by atoms with van der Waals surface area (Å²) in [5, 5.41) is 6.37. The van der Waals surface area contributed by atoms with Crippen LogP contribution in [0.1, 0.15) is 5.56 Å². The van der Waals surface area contributed by atoms with Crippen molar-refractivity contribution < 1.29 is 4.79 Å². The minimum Gasteiger partial charge on any atom is -0.352 e. The first-order valence-electron chi connectivity index (χ1n) is 11.1. The number of hydrogen-bond donors (Lipinski definition) is 2. The van der Waals surface area contributed by atoms with Gasteiger partial charge in [0.2, 0.25) is 0 Å². The van der Waals surface area contributed by atoms with E-state index in [9.17, 15) is 4.79 Å². The zero-order chi connectivity index (χ0) is 25.9. The highest BCUT2D eigenvalue weighted by Gasteiger charge is 2.15. The Bertz CT molecular complexity index is 1590. The molecule has 0 aliphatic carbocycles. The Balaban J connectivity index is 1.40. The predicted molar refractivity (Wildman–Crippen MR) is 149 cm³/mol. The van der Waals surface area contributed by atoms with Crippen LogP contribution >= 0.6 is 34.8 Å². The number of aromatic nitrogens is 4. The van der Waals surface area contributed by atoms with Gasteiger partial charge in [-0.25, -0.2) is 14.8 Å². The van der Waals surface area contributed by atoms with Gasteiger partial charge in [-0.15, -0.1) is 0 Å². The van der Waals surface area contributed by atoms with E-state index in [1.165, 1.54) is 12.1 Å². The van der Waals surface area contributed by atoms with Gasteiger partial charge in [0.05, 0.1) is 26.4 Å². The van der Waals surface area contributed by atoms with Crippen LogP contribution in [-0.4, -0.2) is 32.4 Å². The standard InChI is InChI=1S/C26H20Cl3N7O/c1-35(14-16-5-7-30-8-6-16)25-24-31-9-10-36(24)15-23(33-25)17-3-2-4-18(11-17)32-26(37)34-22-13-20(28)19(27)12-21(22)29/h2-13,15H,14H2,1H3,(H2,32,34,37). The van der Waals surface area contributed by atoms with Crippen molar-refractivity contribution in [3.05, 3.63) is 100 Å². The lowest BCUT2D eigenvalue weighted by atomic mass is 10.1. The largest absolute Gasteiger partial charge is 0.352 e. The number of carbonyl (C=O) groups is 1. The molecule has 2 aromatic carbocycles. The second kappa shape index (κ2) is 10.6. The molecule has 0 unspecified atom stereocenters. The molecular weight excluding hydrogens is 533 g/mol. The van der Waals surface area contributed by atoms with Crippen molar-refractivity contribution in [2.75, 3.05) is 22.6 Å². The number of benzene rings is 2. The topological polar surface area (TPSA) is 87.5 Å². The van der Waals surface area contributed by atoms with E-state index in [4.69, 9.17) is 39.8 Å². The lowest BCUT2D eigenvalue weighted by Gasteiger charge is -2.20. The number of rotatable bonds is 6. The van der Waals surface area contributed by atoms with Crippen molar-refractivity contribution in [1.29, 1.82) is 0 Å². The van der Waals surface area contributed by atoms with Gasteiger partial charge >= 0.3 is 6.03 Å². The average molecular weight is 553 g/mol. The van der Waals surface area contributed by atoms with Crippen LogP contribution in [0.15, 0.2) is 79.5 Å². The third-order valence-corrected chi connectivity index (χ3v) is 6.60. The highest BCUT2D eigenvalue weighted by atomic mass is 35.5. The monoisotopic (exact) mass is 551 g/mol. The third-order valence-electron chi connectivity index (χ3n) is 5.56. The quantitative estimate of drug-likeness (QED) is 0.221. The molecule has 3 aromatic heterocycles. The summed E-state index contributed by atoms with van der Waals surface area (Å²) < 4.78 is 1.93. The molecule has 0 radical (unpaired) electrons. The predicted octanol–water partition coefficient (Wildman–Crippen LogP) is 7.03. The van der Waals surface area contributed by atoms with E-state index in [1.54, 1.807) is 24.7 Å². The van der Waals surface area contributed by atoms with Crippen LogP contribution < -0.4 is 15.5 Å². The minimum atomic E-state index is -0.478. The first-order valence-corrected chi connectivity index (χ1v) is 12.3. The number of anilines is 3. The van der Waals surface area contributed by atoms with E-state index in [0.717, 1.165) is 28.3 Å². The fourth-order valence-corrected chi connectivity index (χ4v) is 4.40. The highest BCUT2D eigenvalue weighted by molar-refractivity contribution is 6.44. The third kappa shape index (κ3) is 5.61. The molecule has 0 fully saturated rings. The molecular formula is C26H20Cl3N7O. The molecule has 0 bridgehead atoms. The molecule has 0 saturated carbocycles. The molecule has 0 aliphatic heterocycles. The lowest BCUT2D eigenvalue weighted by Crippen LogP contribution is -2.20. The Morgan fingerprint density at radius 3 is 2.57 bits per heavy atom. The lowest BCUT2D eigenvalue weighted by molar-refractivity contribution is 0.262. The summed E-state index contributed by atoms with van der Waals surface area (Å²) >= 11 is 18.2. The maximum absolute atomic E-state index is 12.6. The van der Waals surface area contributed by atoms with Crippen molar-refractivity contribution in [3.63, 3.8) is 0 Å². The van der Waals surface area contributed by atoms with E-state index in [-0.39, 0.29) is 10.0 Å². The molecule has 0 spiro atoms. The first-order chi connectivity index (χ1) is 17.9. The first kappa shape index (κ1) is 24.8. The molecule has 3 heterocycles. The highest BCUT2D eigenvalue weighted by Crippen LogP contribution is 2.32.